The first-order chi connectivity index (χ1) is 11.7. The molecule has 0 rings (SSSR count). The van der Waals surface area contributed by atoms with Gasteiger partial charge in [-0.15, -0.1) is 0 Å². The van der Waals surface area contributed by atoms with E-state index in [2.05, 4.69) is 13.8 Å². The van der Waals surface area contributed by atoms with E-state index in [4.69, 9.17) is 4.74 Å². The Morgan fingerprint density at radius 1 is 0.750 bits per heavy atom. The van der Waals surface area contributed by atoms with Gasteiger partial charge in [-0.25, -0.2) is 4.79 Å². The highest BCUT2D eigenvalue weighted by Gasteiger charge is 2.10. The van der Waals surface area contributed by atoms with E-state index >= 15 is 0 Å². The fourth-order valence-electron chi connectivity index (χ4n) is 2.58. The fourth-order valence-corrected chi connectivity index (χ4v) is 2.58. The Morgan fingerprint density at radius 3 is 1.71 bits per heavy atom. The van der Waals surface area contributed by atoms with Crippen LogP contribution in [-0.2, 0) is 14.3 Å². The molecule has 4 nitrogen and oxygen atoms in total. The normalized spacial score (nSPS) is 11.0. The first-order valence-electron chi connectivity index (χ1n) is 9.79. The van der Waals surface area contributed by atoms with Gasteiger partial charge in [-0.3, -0.25) is 4.79 Å². The third-order valence-electron chi connectivity index (χ3n) is 4.02. The summed E-state index contributed by atoms with van der Waals surface area (Å²) in [4.78, 5) is 25.6. The maximum Gasteiger partial charge on any atom is 0.330 e. The summed E-state index contributed by atoms with van der Waals surface area (Å²) >= 11 is 0. The van der Waals surface area contributed by atoms with Crippen molar-refractivity contribution in [2.45, 2.75) is 85.0 Å². The number of ether oxygens (including phenoxy) is 1. The lowest BCUT2D eigenvalue weighted by Crippen LogP contribution is -2.31. The summed E-state index contributed by atoms with van der Waals surface area (Å²) in [5.41, 5.74) is 0. The van der Waals surface area contributed by atoms with E-state index in [9.17, 15) is 9.59 Å². The highest BCUT2D eigenvalue weighted by molar-refractivity contribution is 5.94. The van der Waals surface area contributed by atoms with Crippen molar-refractivity contribution in [3.8, 4) is 0 Å². The lowest BCUT2D eigenvalue weighted by molar-refractivity contribution is -0.137. The molecule has 0 saturated heterocycles. The third-order valence-corrected chi connectivity index (χ3v) is 4.02. The van der Waals surface area contributed by atoms with Crippen LogP contribution < -0.4 is 0 Å². The van der Waals surface area contributed by atoms with Crippen molar-refractivity contribution in [3.05, 3.63) is 12.2 Å². The fraction of sp³-hybridized carbons (Fsp3) is 0.800. The van der Waals surface area contributed by atoms with Gasteiger partial charge in [-0.05, 0) is 19.8 Å². The molecule has 0 fully saturated rings. The molecule has 1 amide bonds. The van der Waals surface area contributed by atoms with E-state index in [1.807, 2.05) is 4.90 Å². The van der Waals surface area contributed by atoms with Gasteiger partial charge in [0.05, 0.1) is 6.61 Å². The molecule has 0 saturated carbocycles. The average molecular weight is 340 g/mol. The molecule has 0 aromatic rings. The van der Waals surface area contributed by atoms with E-state index in [-0.39, 0.29) is 5.91 Å². The molecule has 0 aromatic heterocycles. The molecule has 0 aliphatic rings. The predicted molar refractivity (Wildman–Crippen MR) is 99.9 cm³/mol. The van der Waals surface area contributed by atoms with Gasteiger partial charge in [-0.1, -0.05) is 65.2 Å². The van der Waals surface area contributed by atoms with E-state index in [1.165, 1.54) is 50.7 Å². The highest BCUT2D eigenvalue weighted by atomic mass is 16.5. The molecule has 0 aliphatic carbocycles. The third kappa shape index (κ3) is 13.1. The molecular weight excluding hydrogens is 302 g/mol. The lowest BCUT2D eigenvalue weighted by Gasteiger charge is -2.21. The Balaban J connectivity index is 4.31. The van der Waals surface area contributed by atoms with Gasteiger partial charge in [0.1, 0.15) is 0 Å². The first-order valence-corrected chi connectivity index (χ1v) is 9.79. The number of carbonyl (C=O) groups is 2. The minimum atomic E-state index is -0.448. The molecule has 0 aromatic carbocycles. The van der Waals surface area contributed by atoms with Crippen LogP contribution in [0.4, 0.5) is 0 Å². The number of amides is 1. The quantitative estimate of drug-likeness (QED) is 0.243. The Labute approximate surface area is 148 Å². The molecule has 24 heavy (non-hydrogen) atoms. The molecule has 0 aliphatic heterocycles. The zero-order valence-electron chi connectivity index (χ0n) is 16.0. The van der Waals surface area contributed by atoms with Gasteiger partial charge < -0.3 is 9.64 Å². The number of rotatable bonds is 15. The number of unbranched alkanes of at least 4 members (excludes halogenated alkanes) is 8. The monoisotopic (exact) mass is 339 g/mol. The number of carbonyl (C=O) groups excluding carboxylic acids is 2. The molecule has 4 heteroatoms. The van der Waals surface area contributed by atoms with Crippen LogP contribution in [0.2, 0.25) is 0 Å². The molecule has 0 radical (unpaired) electrons. The number of hydrogen-bond donors (Lipinski definition) is 0. The maximum atomic E-state index is 12.3. The van der Waals surface area contributed by atoms with Crippen LogP contribution in [-0.4, -0.2) is 36.5 Å². The Morgan fingerprint density at radius 2 is 1.25 bits per heavy atom. The predicted octanol–water partition coefficient (Wildman–Crippen LogP) is 4.88. The van der Waals surface area contributed by atoms with Crippen molar-refractivity contribution in [1.82, 2.24) is 4.90 Å². The number of hydrogen-bond acceptors (Lipinski definition) is 3. The van der Waals surface area contributed by atoms with Crippen molar-refractivity contribution in [3.63, 3.8) is 0 Å². The summed E-state index contributed by atoms with van der Waals surface area (Å²) < 4.78 is 4.83. The van der Waals surface area contributed by atoms with Gasteiger partial charge in [0.2, 0.25) is 5.91 Å². The second-order valence-electron chi connectivity index (χ2n) is 6.24. The average Bonchev–Trinajstić information content (AvgIpc) is 2.57. The van der Waals surface area contributed by atoms with Crippen LogP contribution in [0.15, 0.2) is 12.2 Å². The molecule has 140 valence electrons. The van der Waals surface area contributed by atoms with Crippen molar-refractivity contribution in [2.24, 2.45) is 0 Å². The lowest BCUT2D eigenvalue weighted by atomic mass is 10.1. The van der Waals surface area contributed by atoms with E-state index < -0.39 is 5.97 Å². The Hall–Kier alpha value is -1.32. The SMILES string of the molecule is CCCCCCCN(CCCCCCC)C(=O)/C=C/C(=O)OCC. The zero-order chi connectivity index (χ0) is 18.0. The van der Waals surface area contributed by atoms with Crippen LogP contribution in [0, 0.1) is 0 Å². The van der Waals surface area contributed by atoms with Crippen LogP contribution in [0.5, 0.6) is 0 Å². The van der Waals surface area contributed by atoms with Crippen LogP contribution in [0.3, 0.4) is 0 Å². The summed E-state index contributed by atoms with van der Waals surface area (Å²) in [6.07, 6.45) is 14.4. The Bertz CT molecular complexity index is 339. The van der Waals surface area contributed by atoms with Gasteiger partial charge in [-0.2, -0.15) is 0 Å². The molecule has 0 heterocycles. The molecular formula is C20H37NO3. The first kappa shape index (κ1) is 22.7. The van der Waals surface area contributed by atoms with Crippen LogP contribution in [0.1, 0.15) is 85.0 Å². The standard InChI is InChI=1S/C20H37NO3/c1-4-7-9-11-13-17-21(18-14-12-10-8-5-2)19(22)15-16-20(23)24-6-3/h15-16H,4-14,17-18H2,1-3H3/b16-15+. The Kier molecular flexibility index (Phi) is 15.6. The van der Waals surface area contributed by atoms with Crippen molar-refractivity contribution < 1.29 is 14.3 Å². The summed E-state index contributed by atoms with van der Waals surface area (Å²) in [6, 6.07) is 0. The van der Waals surface area contributed by atoms with Crippen LogP contribution >= 0.6 is 0 Å². The van der Waals surface area contributed by atoms with E-state index in [1.54, 1.807) is 6.92 Å². The molecule has 0 bridgehead atoms. The molecule has 0 spiro atoms. The second kappa shape index (κ2) is 16.5. The maximum absolute atomic E-state index is 12.3. The summed E-state index contributed by atoms with van der Waals surface area (Å²) in [6.45, 7) is 8.05. The highest BCUT2D eigenvalue weighted by Crippen LogP contribution is 2.08. The molecule has 0 N–H and O–H groups in total. The van der Waals surface area contributed by atoms with Gasteiger partial charge in [0.15, 0.2) is 0 Å². The summed E-state index contributed by atoms with van der Waals surface area (Å²) in [5.74, 6) is -0.522. The number of esters is 1. The second-order valence-corrected chi connectivity index (χ2v) is 6.24. The zero-order valence-corrected chi connectivity index (χ0v) is 16.0. The van der Waals surface area contributed by atoms with Crippen LogP contribution in [0.25, 0.3) is 0 Å². The number of nitrogens with zero attached hydrogens (tertiary/aromatic N) is 1. The van der Waals surface area contributed by atoms with Gasteiger partial charge in [0.25, 0.3) is 0 Å². The van der Waals surface area contributed by atoms with Gasteiger partial charge in [0, 0.05) is 25.2 Å². The topological polar surface area (TPSA) is 46.6 Å². The van der Waals surface area contributed by atoms with Gasteiger partial charge >= 0.3 is 5.97 Å². The molecule has 0 atom stereocenters. The van der Waals surface area contributed by atoms with Crippen molar-refractivity contribution in [2.75, 3.05) is 19.7 Å². The summed E-state index contributed by atoms with van der Waals surface area (Å²) in [5, 5.41) is 0. The van der Waals surface area contributed by atoms with Crippen molar-refractivity contribution >= 4 is 11.9 Å². The van der Waals surface area contributed by atoms with E-state index in [0.717, 1.165) is 38.8 Å². The van der Waals surface area contributed by atoms with Crippen molar-refractivity contribution in [1.29, 1.82) is 0 Å². The largest absolute Gasteiger partial charge is 0.463 e. The molecule has 0 unspecified atom stereocenters. The minimum absolute atomic E-state index is 0.0750. The van der Waals surface area contributed by atoms with E-state index in [0.29, 0.717) is 6.61 Å². The minimum Gasteiger partial charge on any atom is -0.463 e. The smallest absolute Gasteiger partial charge is 0.330 e. The summed E-state index contributed by atoms with van der Waals surface area (Å²) in [7, 11) is 0.